The minimum absolute atomic E-state index is 0.151. The normalized spacial score (nSPS) is 19.3. The van der Waals surface area contributed by atoms with Gasteiger partial charge in [0.2, 0.25) is 5.91 Å². The number of fused-ring (bicyclic) bond motifs is 1. The van der Waals surface area contributed by atoms with Crippen molar-refractivity contribution in [2.24, 2.45) is 5.92 Å². The Labute approximate surface area is 131 Å². The zero-order valence-corrected chi connectivity index (χ0v) is 13.2. The first-order valence-electron chi connectivity index (χ1n) is 7.64. The van der Waals surface area contributed by atoms with Crippen molar-refractivity contribution in [3.8, 4) is 0 Å². The summed E-state index contributed by atoms with van der Waals surface area (Å²) in [4.78, 5) is 26.1. The van der Waals surface area contributed by atoms with E-state index in [0.29, 0.717) is 12.1 Å². The van der Waals surface area contributed by atoms with Crippen LogP contribution in [0.4, 0.5) is 0 Å². The predicted molar refractivity (Wildman–Crippen MR) is 87.9 cm³/mol. The van der Waals surface area contributed by atoms with E-state index < -0.39 is 0 Å². The third kappa shape index (κ3) is 3.08. The summed E-state index contributed by atoms with van der Waals surface area (Å²) in [5.74, 6) is -0.696. The molecule has 2 amide bonds. The molecular formula is C19H21NO2. The number of aryl methyl sites for hydroxylation is 1. The third-order valence-corrected chi connectivity index (χ3v) is 3.70. The number of rotatable bonds is 2. The van der Waals surface area contributed by atoms with Gasteiger partial charge in [-0.2, -0.15) is 0 Å². The van der Waals surface area contributed by atoms with Gasteiger partial charge in [0.25, 0.3) is 5.91 Å². The van der Waals surface area contributed by atoms with Crippen LogP contribution in [0.5, 0.6) is 0 Å². The molecule has 1 aliphatic heterocycles. The number of imide groups is 1. The van der Waals surface area contributed by atoms with Gasteiger partial charge in [-0.15, -0.1) is 0 Å². The Morgan fingerprint density at radius 1 is 1.09 bits per heavy atom. The van der Waals surface area contributed by atoms with Crippen LogP contribution in [0.3, 0.4) is 0 Å². The molecule has 0 spiro atoms. The molecule has 1 aromatic carbocycles. The highest BCUT2D eigenvalue weighted by Gasteiger charge is 2.33. The third-order valence-electron chi connectivity index (χ3n) is 3.70. The molecule has 0 N–H and O–H groups in total. The summed E-state index contributed by atoms with van der Waals surface area (Å²) in [7, 11) is 0. The van der Waals surface area contributed by atoms with Gasteiger partial charge in [-0.25, -0.2) is 0 Å². The van der Waals surface area contributed by atoms with Gasteiger partial charge in [-0.1, -0.05) is 62.4 Å². The molecule has 0 aromatic heterocycles. The van der Waals surface area contributed by atoms with Crippen molar-refractivity contribution >= 4 is 11.8 Å². The summed E-state index contributed by atoms with van der Waals surface area (Å²) in [6.45, 7) is 6.32. The smallest absolute Gasteiger partial charge is 0.260 e. The van der Waals surface area contributed by atoms with E-state index in [1.807, 2.05) is 57.2 Å². The minimum Gasteiger partial charge on any atom is -0.273 e. The highest BCUT2D eigenvalue weighted by Crippen LogP contribution is 2.24. The van der Waals surface area contributed by atoms with Crippen LogP contribution >= 0.6 is 0 Å². The van der Waals surface area contributed by atoms with E-state index in [2.05, 4.69) is 0 Å². The monoisotopic (exact) mass is 295 g/mol. The van der Waals surface area contributed by atoms with Crippen molar-refractivity contribution in [3.63, 3.8) is 0 Å². The van der Waals surface area contributed by atoms with Crippen LogP contribution in [0.1, 0.15) is 25.0 Å². The summed E-state index contributed by atoms with van der Waals surface area (Å²) >= 11 is 0. The second kappa shape index (κ2) is 7.03. The van der Waals surface area contributed by atoms with E-state index in [-0.39, 0.29) is 17.7 Å². The van der Waals surface area contributed by atoms with Crippen molar-refractivity contribution in [2.45, 2.75) is 27.3 Å². The standard InChI is InChI=1S/C17H15NO2.C2H6/c1-12-6-2-3-9-15(12)11-18-16(19)13-7-4-5-8-14(10-13)17(18)20;1-2/h2-10,13H,11H2,1H3;1-2H3. The SMILES string of the molecule is CC.Cc1ccccc1CN1C(=O)C2=CC(C=CC=C2)C1=O. The Balaban J connectivity index is 0.000000847. The fourth-order valence-electron chi connectivity index (χ4n) is 2.49. The Kier molecular flexibility index (Phi) is 5.10. The zero-order valence-electron chi connectivity index (χ0n) is 13.2. The molecule has 114 valence electrons. The van der Waals surface area contributed by atoms with Crippen molar-refractivity contribution in [1.82, 2.24) is 4.90 Å². The second-order valence-electron chi connectivity index (χ2n) is 5.05. The quantitative estimate of drug-likeness (QED) is 0.782. The zero-order chi connectivity index (χ0) is 16.1. The molecule has 22 heavy (non-hydrogen) atoms. The molecule has 0 fully saturated rings. The van der Waals surface area contributed by atoms with E-state index >= 15 is 0 Å². The van der Waals surface area contributed by atoms with Crippen molar-refractivity contribution in [3.05, 3.63) is 71.3 Å². The van der Waals surface area contributed by atoms with Gasteiger partial charge in [0, 0.05) is 5.57 Å². The molecule has 0 radical (unpaired) electrons. The first-order chi connectivity index (χ1) is 10.7. The molecule has 3 heteroatoms. The van der Waals surface area contributed by atoms with E-state index in [1.165, 1.54) is 4.90 Å². The largest absolute Gasteiger partial charge is 0.273 e. The molecule has 1 aromatic rings. The number of carbonyl (C=O) groups excluding carboxylic acids is 2. The molecule has 0 saturated heterocycles. The van der Waals surface area contributed by atoms with Gasteiger partial charge in [0.15, 0.2) is 0 Å². The fourth-order valence-corrected chi connectivity index (χ4v) is 2.49. The summed E-state index contributed by atoms with van der Waals surface area (Å²) in [6.07, 6.45) is 8.93. The molecule has 0 saturated carbocycles. The van der Waals surface area contributed by atoms with Crippen LogP contribution in [0.2, 0.25) is 0 Å². The summed E-state index contributed by atoms with van der Waals surface area (Å²) in [5.41, 5.74) is 2.68. The molecule has 1 unspecified atom stereocenters. The average molecular weight is 295 g/mol. The van der Waals surface area contributed by atoms with Crippen LogP contribution in [0, 0.1) is 12.8 Å². The van der Waals surface area contributed by atoms with Crippen molar-refractivity contribution < 1.29 is 9.59 Å². The van der Waals surface area contributed by atoms with Crippen LogP contribution in [0.15, 0.2) is 60.2 Å². The number of nitrogens with zero attached hydrogens (tertiary/aromatic N) is 1. The average Bonchev–Trinajstić information content (AvgIpc) is 2.78. The minimum atomic E-state index is -0.332. The number of amides is 2. The molecule has 1 aliphatic carbocycles. The van der Waals surface area contributed by atoms with Gasteiger partial charge in [-0.3, -0.25) is 14.5 Å². The van der Waals surface area contributed by atoms with Crippen LogP contribution in [0.25, 0.3) is 0 Å². The first kappa shape index (κ1) is 16.0. The fraction of sp³-hybridized carbons (Fsp3) is 0.263. The van der Waals surface area contributed by atoms with Gasteiger partial charge < -0.3 is 0 Å². The Morgan fingerprint density at radius 2 is 1.82 bits per heavy atom. The van der Waals surface area contributed by atoms with E-state index in [0.717, 1.165) is 11.1 Å². The van der Waals surface area contributed by atoms with Crippen molar-refractivity contribution in [1.29, 1.82) is 0 Å². The first-order valence-corrected chi connectivity index (χ1v) is 7.64. The number of hydrogen-bond acceptors (Lipinski definition) is 2. The lowest BCUT2D eigenvalue weighted by molar-refractivity contribution is -0.145. The predicted octanol–water partition coefficient (Wildman–Crippen LogP) is 3.56. The lowest BCUT2D eigenvalue weighted by Crippen LogP contribution is -2.43. The maximum Gasteiger partial charge on any atom is 0.260 e. The molecule has 3 rings (SSSR count). The summed E-state index contributed by atoms with van der Waals surface area (Å²) in [6, 6.07) is 7.81. The van der Waals surface area contributed by atoms with E-state index in [9.17, 15) is 9.59 Å². The molecule has 1 atom stereocenters. The number of benzene rings is 1. The Morgan fingerprint density at radius 3 is 2.55 bits per heavy atom. The van der Waals surface area contributed by atoms with E-state index in [4.69, 9.17) is 0 Å². The van der Waals surface area contributed by atoms with Gasteiger partial charge in [-0.05, 0) is 24.1 Å². The summed E-state index contributed by atoms with van der Waals surface area (Å²) < 4.78 is 0. The molecule has 2 bridgehead atoms. The lowest BCUT2D eigenvalue weighted by atomic mass is 9.98. The highest BCUT2D eigenvalue weighted by molar-refractivity contribution is 6.10. The maximum atomic E-state index is 12.4. The number of allylic oxidation sites excluding steroid dienone is 2. The van der Waals surface area contributed by atoms with Gasteiger partial charge in [0.05, 0.1) is 12.5 Å². The molecule has 2 aliphatic rings. The van der Waals surface area contributed by atoms with Crippen LogP contribution in [-0.4, -0.2) is 16.7 Å². The van der Waals surface area contributed by atoms with Crippen LogP contribution in [-0.2, 0) is 16.1 Å². The van der Waals surface area contributed by atoms with E-state index in [1.54, 1.807) is 18.2 Å². The Bertz CT molecular complexity index is 668. The molecule has 3 nitrogen and oxygen atoms in total. The number of hydrogen-bond donors (Lipinski definition) is 0. The maximum absolute atomic E-state index is 12.4. The van der Waals surface area contributed by atoms with Gasteiger partial charge >= 0.3 is 0 Å². The second-order valence-corrected chi connectivity index (χ2v) is 5.05. The highest BCUT2D eigenvalue weighted by atomic mass is 16.2. The lowest BCUT2D eigenvalue weighted by Gasteiger charge is -2.28. The van der Waals surface area contributed by atoms with Gasteiger partial charge in [0.1, 0.15) is 0 Å². The summed E-state index contributed by atoms with van der Waals surface area (Å²) in [5, 5.41) is 0. The Hall–Kier alpha value is -2.42. The molecular weight excluding hydrogens is 274 g/mol. The van der Waals surface area contributed by atoms with Crippen molar-refractivity contribution in [2.75, 3.05) is 0 Å². The number of carbonyl (C=O) groups is 2. The van der Waals surface area contributed by atoms with Crippen LogP contribution < -0.4 is 0 Å². The topological polar surface area (TPSA) is 37.4 Å². The molecule has 1 heterocycles.